The lowest BCUT2D eigenvalue weighted by Gasteiger charge is -2.32. The molecule has 0 amide bonds. The van der Waals surface area contributed by atoms with E-state index in [0.29, 0.717) is 0 Å². The van der Waals surface area contributed by atoms with Crippen molar-refractivity contribution in [1.29, 1.82) is 0 Å². The predicted octanol–water partition coefficient (Wildman–Crippen LogP) is -35.6. The lowest BCUT2D eigenvalue weighted by Crippen LogP contribution is -2.56. The van der Waals surface area contributed by atoms with Crippen LogP contribution in [0.15, 0.2) is 4.42 Å². The molecule has 1 nitrogen and oxygen atoms in total. The molecule has 330 valence electrons. The molecule has 1 aromatic heterocycles. The van der Waals surface area contributed by atoms with Crippen LogP contribution in [0, 0.1) is 0 Å². The van der Waals surface area contributed by atoms with Crippen molar-refractivity contribution >= 4 is 438 Å². The second-order valence-corrected chi connectivity index (χ2v) is 24.3. The summed E-state index contributed by atoms with van der Waals surface area (Å²) in [5.41, 5.74) is 48.7. The second-order valence-electron chi connectivity index (χ2n) is 24.3. The fourth-order valence-corrected chi connectivity index (χ4v) is 15.1. The van der Waals surface area contributed by atoms with E-state index in [-0.39, 0.29) is 0 Å². The maximum Gasteiger partial charge on any atom is 0.143 e. The molecule has 0 bridgehead atoms. The summed E-state index contributed by atoms with van der Waals surface area (Å²) < 4.78 is 7.25. The highest BCUT2D eigenvalue weighted by Gasteiger charge is 2.32. The van der Waals surface area contributed by atoms with Gasteiger partial charge >= 0.3 is 0 Å². The van der Waals surface area contributed by atoms with Gasteiger partial charge in [0, 0.05) is 10.8 Å². The third-order valence-corrected chi connectivity index (χ3v) is 21.7. The number of rotatable bonds is 3. The maximum absolute atomic E-state index is 7.25. The van der Waals surface area contributed by atoms with Gasteiger partial charge in [0.1, 0.15) is 231 Å². The smallest absolute Gasteiger partial charge is 0.143 e. The van der Waals surface area contributed by atoms with Gasteiger partial charge in [-0.3, -0.25) is 0 Å². The number of benzene rings is 9. The molecule has 0 fully saturated rings. The van der Waals surface area contributed by atoms with E-state index in [2.05, 4.69) is 220 Å². The summed E-state index contributed by atoms with van der Waals surface area (Å²) in [4.78, 5) is 0. The molecule has 75 heavy (non-hydrogen) atoms. The van der Waals surface area contributed by atoms with Crippen molar-refractivity contribution in [2.24, 2.45) is 0 Å². The van der Waals surface area contributed by atoms with E-state index in [1.807, 2.05) is 0 Å². The lowest BCUT2D eigenvalue weighted by molar-refractivity contribution is 0.675. The third kappa shape index (κ3) is 6.85. The minimum atomic E-state index is 1.03. The zero-order chi connectivity index (χ0) is 55.3. The van der Waals surface area contributed by atoms with Crippen molar-refractivity contribution in [2.45, 2.75) is 0 Å². The topological polar surface area (TPSA) is 13.1 Å². The number of hydrogen-bond acceptors (Lipinski definition) is 1. The van der Waals surface area contributed by atoms with Crippen molar-refractivity contribution < 1.29 is 4.42 Å². The van der Waals surface area contributed by atoms with Crippen LogP contribution in [0.4, 0.5) is 0 Å². The van der Waals surface area contributed by atoms with Gasteiger partial charge in [-0.1, -0.05) is 109 Å². The van der Waals surface area contributed by atoms with Crippen LogP contribution in [-0.2, 0) is 0 Å². The molecular weight excluding hydrogens is 871 g/mol. The first-order chi connectivity index (χ1) is 35.0. The fraction of sp³-hybridized carbons (Fsp3) is 0. The highest BCUT2D eigenvalue weighted by molar-refractivity contribution is 6.78. The zero-order valence-electron chi connectivity index (χ0n) is 51.4. The summed E-state index contributed by atoms with van der Waals surface area (Å²) >= 11 is 0. The summed E-state index contributed by atoms with van der Waals surface area (Å²) in [5, 5.41) is 13.8. The van der Waals surface area contributed by atoms with Gasteiger partial charge in [0.2, 0.25) is 0 Å². The number of furan rings is 1. The average molecular weight is 928 g/mol. The Morgan fingerprint density at radius 3 is 0.693 bits per heavy atom. The van der Waals surface area contributed by atoms with Crippen molar-refractivity contribution in [3.05, 3.63) is 0 Å². The Labute approximate surface area is 472 Å². The van der Waals surface area contributed by atoms with Crippen LogP contribution in [0.5, 0.6) is 0 Å². The monoisotopic (exact) mass is 933 g/mol. The van der Waals surface area contributed by atoms with E-state index in [9.17, 15) is 0 Å². The van der Waals surface area contributed by atoms with E-state index in [0.717, 1.165) is 11.2 Å². The first kappa shape index (κ1) is 54.0. The average Bonchev–Trinajstić information content (AvgIpc) is 3.78. The molecule has 0 radical (unpaired) electrons. The highest BCUT2D eigenvalue weighted by atomic mass is 16.3. The standard InChI is InChI=1S/C46H56B28O/c47-17-11(26(56)19(49)8-9-13(28(58)27(57)12(8)17)18(48)14(29(59)20(9)50)15-30(60)37(67)41(71)38(68)31(15)61)2-5-3(21(51)33(63)35(65)23(5)53)1(4-6(2)24(54)36(66)34(64)22(4)52)7-10-16-32(62)39(69)42(72)44(74)46(16)75-45(10)43(73)40(70)25(7)55/h47-74H2. The SMILES string of the molecule is Bc1c(B)c(B)c(-c2c(B)c(B)c3c(c2B)c(B)c(B)c2c(B)c(-c4c5c(B)c(B)c(B)c(B)c5c(-c5c(B)c(B)c(B)c6oc7c(B)c(B)c(B)c(B)c7c56)c5c(B)c(B)c(B)c(B)c45)c(B)c(B)c23)c(B)c1B. The largest absolute Gasteiger partial charge is 0.457 e. The van der Waals surface area contributed by atoms with Crippen molar-refractivity contribution in [3.8, 4) is 33.4 Å². The van der Waals surface area contributed by atoms with Crippen LogP contribution in [0.2, 0.25) is 0 Å². The van der Waals surface area contributed by atoms with Gasteiger partial charge in [-0.2, -0.15) is 0 Å². The van der Waals surface area contributed by atoms with Gasteiger partial charge in [-0.15, -0.1) is 43.7 Å². The first-order valence-electron chi connectivity index (χ1n) is 27.9. The van der Waals surface area contributed by atoms with E-state index < -0.39 is 0 Å². The Balaban J connectivity index is 1.48. The van der Waals surface area contributed by atoms with Crippen LogP contribution >= 0.6 is 0 Å². The van der Waals surface area contributed by atoms with Crippen molar-refractivity contribution in [1.82, 2.24) is 0 Å². The normalized spacial score (nSPS) is 11.9. The molecule has 0 aliphatic rings. The number of fused-ring (bicyclic) bond motifs is 8. The molecule has 0 aliphatic heterocycles. The molecule has 9 aromatic carbocycles. The Hall–Kier alpha value is -4.36. The van der Waals surface area contributed by atoms with Gasteiger partial charge in [0.05, 0.1) is 0 Å². The first-order valence-corrected chi connectivity index (χ1v) is 27.9. The van der Waals surface area contributed by atoms with Crippen LogP contribution in [0.25, 0.3) is 98.4 Å². The molecule has 0 saturated heterocycles. The van der Waals surface area contributed by atoms with Gasteiger partial charge in [-0.05, 0) is 76.5 Å². The molecular formula is C46H56B28O. The molecule has 0 atom stereocenters. The van der Waals surface area contributed by atoms with E-state index >= 15 is 0 Å². The third-order valence-electron chi connectivity index (χ3n) is 21.7. The Kier molecular flexibility index (Phi) is 13.0. The fourth-order valence-electron chi connectivity index (χ4n) is 15.1. The summed E-state index contributed by atoms with van der Waals surface area (Å²) in [6.45, 7) is 0. The Bertz CT molecular complexity index is 4330. The molecule has 0 saturated carbocycles. The molecule has 0 unspecified atom stereocenters. The molecule has 0 N–H and O–H groups in total. The maximum atomic E-state index is 7.25. The number of hydrogen-bond donors (Lipinski definition) is 0. The molecule has 10 rings (SSSR count). The molecule has 1 heterocycles. The zero-order valence-corrected chi connectivity index (χ0v) is 51.4. The van der Waals surface area contributed by atoms with E-state index in [1.165, 1.54) is 240 Å². The molecule has 0 aliphatic carbocycles. The van der Waals surface area contributed by atoms with E-state index in [1.54, 1.807) is 0 Å². The molecule has 29 heteroatoms. The van der Waals surface area contributed by atoms with E-state index in [4.69, 9.17) is 4.42 Å². The Morgan fingerprint density at radius 1 is 0.120 bits per heavy atom. The van der Waals surface area contributed by atoms with Crippen LogP contribution in [0.3, 0.4) is 0 Å². The highest BCUT2D eigenvalue weighted by Crippen LogP contribution is 2.43. The van der Waals surface area contributed by atoms with Crippen molar-refractivity contribution in [3.63, 3.8) is 0 Å². The van der Waals surface area contributed by atoms with Crippen LogP contribution in [-0.4, -0.2) is 220 Å². The van der Waals surface area contributed by atoms with Crippen LogP contribution in [0.1, 0.15) is 0 Å². The second kappa shape index (κ2) is 18.1. The summed E-state index contributed by atoms with van der Waals surface area (Å²) in [6.07, 6.45) is 0. The molecule has 0 spiro atoms. The summed E-state index contributed by atoms with van der Waals surface area (Å²) in [6, 6.07) is 0. The lowest BCUT2D eigenvalue weighted by atomic mass is 9.55. The summed E-state index contributed by atoms with van der Waals surface area (Å²) in [5.74, 6) is 0. The van der Waals surface area contributed by atoms with Gasteiger partial charge in [0.25, 0.3) is 0 Å². The van der Waals surface area contributed by atoms with Crippen molar-refractivity contribution in [2.75, 3.05) is 0 Å². The van der Waals surface area contributed by atoms with Gasteiger partial charge < -0.3 is 4.42 Å². The summed E-state index contributed by atoms with van der Waals surface area (Å²) in [7, 11) is 66.4. The Morgan fingerprint density at radius 2 is 0.320 bits per heavy atom. The quantitative estimate of drug-likeness (QED) is 0.0978. The molecule has 10 aromatic rings. The minimum Gasteiger partial charge on any atom is -0.457 e. The van der Waals surface area contributed by atoms with Gasteiger partial charge in [-0.25, -0.2) is 0 Å². The predicted molar refractivity (Wildman–Crippen MR) is 429 cm³/mol. The van der Waals surface area contributed by atoms with Crippen LogP contribution < -0.4 is 153 Å². The minimum absolute atomic E-state index is 1.03. The van der Waals surface area contributed by atoms with Gasteiger partial charge in [0.15, 0.2) is 0 Å².